The highest BCUT2D eigenvalue weighted by atomic mass is 127. The number of hydrogen-bond acceptors (Lipinski definition) is 1. The molecular formula is C13H18ClIO. The predicted molar refractivity (Wildman–Crippen MR) is 77.8 cm³/mol. The molecule has 1 rings (SSSR count). The molecular weight excluding hydrogens is 334 g/mol. The molecule has 0 aromatic heterocycles. The van der Waals surface area contributed by atoms with Crippen LogP contribution in [0.2, 0.25) is 5.02 Å². The third-order valence-corrected chi connectivity index (χ3v) is 4.61. The van der Waals surface area contributed by atoms with E-state index < -0.39 is 0 Å². The van der Waals surface area contributed by atoms with Crippen LogP contribution in [-0.4, -0.2) is 5.11 Å². The van der Waals surface area contributed by atoms with Crippen LogP contribution in [0, 0.1) is 9.49 Å². The second-order valence-electron chi connectivity index (χ2n) is 4.11. The van der Waals surface area contributed by atoms with Crippen LogP contribution >= 0.6 is 34.2 Å². The van der Waals surface area contributed by atoms with Gasteiger partial charge < -0.3 is 5.11 Å². The van der Waals surface area contributed by atoms with E-state index >= 15 is 0 Å². The van der Waals surface area contributed by atoms with Crippen molar-refractivity contribution < 1.29 is 5.11 Å². The van der Waals surface area contributed by atoms with Crippen molar-refractivity contribution in [3.8, 4) is 0 Å². The minimum absolute atomic E-state index is 0.389. The zero-order chi connectivity index (χ0) is 12.1. The Morgan fingerprint density at radius 1 is 1.31 bits per heavy atom. The summed E-state index contributed by atoms with van der Waals surface area (Å²) in [6.07, 6.45) is 2.67. The largest absolute Gasteiger partial charge is 0.388 e. The van der Waals surface area contributed by atoms with Crippen LogP contribution in [0.1, 0.15) is 44.8 Å². The third kappa shape index (κ3) is 3.90. The van der Waals surface area contributed by atoms with Gasteiger partial charge in [0.1, 0.15) is 0 Å². The average molecular weight is 353 g/mol. The van der Waals surface area contributed by atoms with Crippen LogP contribution in [0.15, 0.2) is 18.2 Å². The van der Waals surface area contributed by atoms with Gasteiger partial charge in [0.15, 0.2) is 0 Å². The number of benzene rings is 1. The summed E-state index contributed by atoms with van der Waals surface area (Å²) in [5.41, 5.74) is 0.928. The summed E-state index contributed by atoms with van der Waals surface area (Å²) >= 11 is 8.23. The smallest absolute Gasteiger partial charge is 0.0793 e. The molecule has 0 radical (unpaired) electrons. The summed E-state index contributed by atoms with van der Waals surface area (Å²) in [4.78, 5) is 0. The van der Waals surface area contributed by atoms with Crippen molar-refractivity contribution in [2.45, 2.75) is 39.2 Å². The van der Waals surface area contributed by atoms with Gasteiger partial charge in [-0.15, -0.1) is 0 Å². The van der Waals surface area contributed by atoms with Gasteiger partial charge in [-0.2, -0.15) is 0 Å². The molecule has 0 aliphatic carbocycles. The van der Waals surface area contributed by atoms with E-state index in [2.05, 4.69) is 36.4 Å². The second kappa shape index (κ2) is 6.82. The van der Waals surface area contributed by atoms with Gasteiger partial charge in [0.2, 0.25) is 0 Å². The van der Waals surface area contributed by atoms with Crippen molar-refractivity contribution in [1.29, 1.82) is 0 Å². The quantitative estimate of drug-likeness (QED) is 0.754. The lowest BCUT2D eigenvalue weighted by molar-refractivity contribution is 0.141. The van der Waals surface area contributed by atoms with Crippen LogP contribution in [0.4, 0.5) is 0 Å². The van der Waals surface area contributed by atoms with Crippen molar-refractivity contribution >= 4 is 34.2 Å². The standard InChI is InChI=1S/C13H18ClIO/c1-3-9(4-2)7-13(16)10-5-6-12(15)11(14)8-10/h5-6,8-9,13,16H,3-4,7H2,1-2H3. The molecule has 0 spiro atoms. The molecule has 16 heavy (non-hydrogen) atoms. The zero-order valence-corrected chi connectivity index (χ0v) is 12.6. The zero-order valence-electron chi connectivity index (χ0n) is 9.71. The van der Waals surface area contributed by atoms with E-state index in [1.165, 1.54) is 0 Å². The normalized spacial score (nSPS) is 13.1. The summed E-state index contributed by atoms with van der Waals surface area (Å²) in [5, 5.41) is 10.8. The number of aliphatic hydroxyl groups excluding tert-OH is 1. The van der Waals surface area contributed by atoms with E-state index in [9.17, 15) is 5.11 Å². The predicted octanol–water partition coefficient (Wildman–Crippen LogP) is 4.80. The maximum atomic E-state index is 10.1. The van der Waals surface area contributed by atoms with Crippen molar-refractivity contribution in [2.24, 2.45) is 5.92 Å². The van der Waals surface area contributed by atoms with Gasteiger partial charge in [-0.1, -0.05) is 44.4 Å². The summed E-state index contributed by atoms with van der Waals surface area (Å²) in [6, 6.07) is 5.78. The number of halogens is 2. The van der Waals surface area contributed by atoms with E-state index in [-0.39, 0.29) is 6.10 Å². The van der Waals surface area contributed by atoms with Gasteiger partial charge in [-0.25, -0.2) is 0 Å². The molecule has 0 heterocycles. The van der Waals surface area contributed by atoms with E-state index in [0.717, 1.165) is 33.4 Å². The highest BCUT2D eigenvalue weighted by Crippen LogP contribution is 2.28. The molecule has 1 nitrogen and oxygen atoms in total. The third-order valence-electron chi connectivity index (χ3n) is 3.04. The average Bonchev–Trinajstić information content (AvgIpc) is 2.29. The Bertz CT molecular complexity index is 337. The van der Waals surface area contributed by atoms with E-state index in [0.29, 0.717) is 5.92 Å². The first-order valence-corrected chi connectivity index (χ1v) is 7.17. The van der Waals surface area contributed by atoms with Gasteiger partial charge in [0.25, 0.3) is 0 Å². The summed E-state index contributed by atoms with van der Waals surface area (Å²) in [5.74, 6) is 0.591. The summed E-state index contributed by atoms with van der Waals surface area (Å²) < 4.78 is 1.03. The Kier molecular flexibility index (Phi) is 6.08. The number of hydrogen-bond donors (Lipinski definition) is 1. The Hall–Kier alpha value is 0.200. The van der Waals surface area contributed by atoms with E-state index in [1.54, 1.807) is 0 Å². The fourth-order valence-corrected chi connectivity index (χ4v) is 2.32. The molecule has 0 bridgehead atoms. The Labute approximate surface area is 116 Å². The topological polar surface area (TPSA) is 20.2 Å². The van der Waals surface area contributed by atoms with Crippen LogP contribution in [-0.2, 0) is 0 Å². The molecule has 0 aliphatic rings. The molecule has 3 heteroatoms. The fourth-order valence-electron chi connectivity index (χ4n) is 1.79. The lowest BCUT2D eigenvalue weighted by Crippen LogP contribution is -2.06. The molecule has 1 aromatic rings. The van der Waals surface area contributed by atoms with Gasteiger partial charge in [0.05, 0.1) is 11.1 Å². The molecule has 90 valence electrons. The first-order chi connectivity index (χ1) is 7.58. The molecule has 0 saturated heterocycles. The maximum Gasteiger partial charge on any atom is 0.0793 e. The minimum atomic E-state index is -0.389. The monoisotopic (exact) mass is 352 g/mol. The van der Waals surface area contributed by atoms with Crippen molar-refractivity contribution in [1.82, 2.24) is 0 Å². The molecule has 1 aromatic carbocycles. The van der Waals surface area contributed by atoms with Crippen LogP contribution in [0.25, 0.3) is 0 Å². The summed E-state index contributed by atoms with van der Waals surface area (Å²) in [6.45, 7) is 4.34. The van der Waals surface area contributed by atoms with Gasteiger partial charge in [-0.05, 0) is 52.6 Å². The fraction of sp³-hybridized carbons (Fsp3) is 0.538. The number of rotatable bonds is 5. The molecule has 0 saturated carbocycles. The molecule has 0 amide bonds. The molecule has 0 fully saturated rings. The molecule has 1 atom stereocenters. The SMILES string of the molecule is CCC(CC)CC(O)c1ccc(I)c(Cl)c1. The first-order valence-electron chi connectivity index (χ1n) is 5.71. The Balaban J connectivity index is 2.72. The Morgan fingerprint density at radius 3 is 2.44 bits per heavy atom. The van der Waals surface area contributed by atoms with Crippen LogP contribution in [0.3, 0.4) is 0 Å². The lowest BCUT2D eigenvalue weighted by atomic mass is 9.93. The summed E-state index contributed by atoms with van der Waals surface area (Å²) in [7, 11) is 0. The van der Waals surface area contributed by atoms with Crippen molar-refractivity contribution in [3.05, 3.63) is 32.4 Å². The maximum absolute atomic E-state index is 10.1. The molecule has 1 unspecified atom stereocenters. The van der Waals surface area contributed by atoms with E-state index in [1.807, 2.05) is 18.2 Å². The highest BCUT2D eigenvalue weighted by molar-refractivity contribution is 14.1. The first kappa shape index (κ1) is 14.3. The van der Waals surface area contributed by atoms with Crippen LogP contribution in [0.5, 0.6) is 0 Å². The lowest BCUT2D eigenvalue weighted by Gasteiger charge is -2.18. The minimum Gasteiger partial charge on any atom is -0.388 e. The molecule has 0 aliphatic heterocycles. The Morgan fingerprint density at radius 2 is 1.94 bits per heavy atom. The van der Waals surface area contributed by atoms with Gasteiger partial charge >= 0.3 is 0 Å². The van der Waals surface area contributed by atoms with Gasteiger partial charge in [0, 0.05) is 3.57 Å². The van der Waals surface area contributed by atoms with E-state index in [4.69, 9.17) is 11.6 Å². The highest BCUT2D eigenvalue weighted by Gasteiger charge is 2.14. The van der Waals surface area contributed by atoms with Crippen molar-refractivity contribution in [2.75, 3.05) is 0 Å². The van der Waals surface area contributed by atoms with Crippen LogP contribution < -0.4 is 0 Å². The second-order valence-corrected chi connectivity index (χ2v) is 5.68. The molecule has 1 N–H and O–H groups in total. The van der Waals surface area contributed by atoms with Gasteiger partial charge in [-0.3, -0.25) is 0 Å². The number of aliphatic hydroxyl groups is 1. The van der Waals surface area contributed by atoms with Crippen molar-refractivity contribution in [3.63, 3.8) is 0 Å².